The second kappa shape index (κ2) is 8.59. The minimum atomic E-state index is 0.232. The molecule has 27 heavy (non-hydrogen) atoms. The highest BCUT2D eigenvalue weighted by Crippen LogP contribution is 2.33. The number of fused-ring (bicyclic) bond motifs is 1. The fraction of sp³-hybridized carbons (Fsp3) is 0.333. The van der Waals surface area contributed by atoms with Crippen LogP contribution in [0.25, 0.3) is 0 Å². The molecule has 0 bridgehead atoms. The highest BCUT2D eigenvalue weighted by molar-refractivity contribution is 5.75. The fourth-order valence-electron chi connectivity index (χ4n) is 2.71. The molecule has 0 aliphatic carbocycles. The van der Waals surface area contributed by atoms with Crippen LogP contribution in [0.1, 0.15) is 18.4 Å². The third kappa shape index (κ3) is 4.28. The zero-order valence-electron chi connectivity index (χ0n) is 14.7. The molecule has 1 aliphatic rings. The maximum absolute atomic E-state index is 8.85. The summed E-state index contributed by atoms with van der Waals surface area (Å²) < 4.78 is 10.7. The monoisotopic (exact) mass is 365 g/mol. The third-order valence-electron chi connectivity index (χ3n) is 4.05. The summed E-state index contributed by atoms with van der Waals surface area (Å²) >= 11 is 0. The molecule has 1 aromatic heterocycles. The number of rotatable bonds is 8. The number of nitrogens with one attached hydrogen (secondary N) is 1. The molecule has 0 saturated heterocycles. The van der Waals surface area contributed by atoms with E-state index in [4.69, 9.17) is 25.7 Å². The van der Waals surface area contributed by atoms with Gasteiger partial charge in [-0.25, -0.2) is 9.97 Å². The summed E-state index contributed by atoms with van der Waals surface area (Å²) in [6.45, 7) is 1.62. The number of nitrogens with zero attached hydrogens (tertiary/aromatic N) is 5. The predicted molar refractivity (Wildman–Crippen MR) is 99.0 cm³/mol. The molecule has 0 amide bonds. The molecule has 1 aromatic carbocycles. The largest absolute Gasteiger partial charge is 0.454 e. The Kier molecular flexibility index (Phi) is 5.75. The van der Waals surface area contributed by atoms with Gasteiger partial charge < -0.3 is 25.4 Å². The fourth-order valence-corrected chi connectivity index (χ4v) is 2.71. The molecule has 3 rings (SSSR count). The van der Waals surface area contributed by atoms with Gasteiger partial charge in [-0.05, 0) is 17.7 Å². The number of hydrogen-bond donors (Lipinski definition) is 2. The summed E-state index contributed by atoms with van der Waals surface area (Å²) in [5.41, 5.74) is 7.62. The number of nitriles is 2. The molecule has 1 aliphatic heterocycles. The lowest BCUT2D eigenvalue weighted by Crippen LogP contribution is -2.27. The Morgan fingerprint density at radius 1 is 1.11 bits per heavy atom. The van der Waals surface area contributed by atoms with E-state index >= 15 is 0 Å². The summed E-state index contributed by atoms with van der Waals surface area (Å²) in [4.78, 5) is 10.3. The van der Waals surface area contributed by atoms with Gasteiger partial charge in [-0.15, -0.1) is 0 Å². The van der Waals surface area contributed by atoms with Crippen molar-refractivity contribution in [1.82, 2.24) is 9.97 Å². The number of nitrogen functional groups attached to an aromatic ring is 1. The van der Waals surface area contributed by atoms with Crippen molar-refractivity contribution in [3.63, 3.8) is 0 Å². The number of hydrogen-bond acceptors (Lipinski definition) is 9. The molecule has 2 aromatic rings. The van der Waals surface area contributed by atoms with E-state index in [-0.39, 0.29) is 6.79 Å². The van der Waals surface area contributed by atoms with Gasteiger partial charge in [0.05, 0.1) is 25.0 Å². The first-order valence-electron chi connectivity index (χ1n) is 8.44. The number of anilines is 3. The molecule has 0 spiro atoms. The number of aromatic nitrogens is 2. The van der Waals surface area contributed by atoms with Crippen molar-refractivity contribution >= 4 is 17.3 Å². The van der Waals surface area contributed by atoms with E-state index in [1.165, 1.54) is 6.33 Å². The van der Waals surface area contributed by atoms with Crippen LogP contribution in [0.2, 0.25) is 0 Å². The zero-order chi connectivity index (χ0) is 19.1. The first-order chi connectivity index (χ1) is 13.2. The van der Waals surface area contributed by atoms with Crippen LogP contribution >= 0.6 is 0 Å². The Bertz CT molecular complexity index is 870. The van der Waals surface area contributed by atoms with Crippen LogP contribution in [0.5, 0.6) is 11.5 Å². The van der Waals surface area contributed by atoms with Gasteiger partial charge >= 0.3 is 0 Å². The number of nitrogens with two attached hydrogens (primary N) is 1. The molecule has 0 saturated carbocycles. The summed E-state index contributed by atoms with van der Waals surface area (Å²) in [6, 6.07) is 9.90. The highest BCUT2D eigenvalue weighted by Gasteiger charge is 2.16. The van der Waals surface area contributed by atoms with E-state index in [0.29, 0.717) is 55.5 Å². The van der Waals surface area contributed by atoms with Gasteiger partial charge in [0.2, 0.25) is 6.79 Å². The van der Waals surface area contributed by atoms with Crippen LogP contribution < -0.4 is 25.4 Å². The van der Waals surface area contributed by atoms with E-state index in [1.54, 1.807) is 0 Å². The Morgan fingerprint density at radius 3 is 2.59 bits per heavy atom. The molecular formula is C18H19N7O2. The SMILES string of the molecule is N#CCCN(CCC#N)c1ncnc(NCc2ccc3c(c2)OCO3)c1N. The standard InChI is InChI=1S/C18H19N7O2/c19-5-1-7-25(8-2-6-20)18-16(21)17(23-11-24-18)22-10-13-3-4-14-15(9-13)27-12-26-14/h3-4,9,11H,1-2,7-8,10,12,21H2,(H,22,23,24). The minimum Gasteiger partial charge on any atom is -0.454 e. The molecular weight excluding hydrogens is 346 g/mol. The maximum Gasteiger partial charge on any atom is 0.231 e. The lowest BCUT2D eigenvalue weighted by molar-refractivity contribution is 0.174. The average Bonchev–Trinajstić information content (AvgIpc) is 3.15. The topological polar surface area (TPSA) is 133 Å². The van der Waals surface area contributed by atoms with E-state index in [0.717, 1.165) is 11.3 Å². The van der Waals surface area contributed by atoms with Crippen LogP contribution in [-0.4, -0.2) is 29.9 Å². The quantitative estimate of drug-likeness (QED) is 0.720. The van der Waals surface area contributed by atoms with Crippen LogP contribution in [0.3, 0.4) is 0 Å². The second-order valence-corrected chi connectivity index (χ2v) is 5.80. The van der Waals surface area contributed by atoms with Crippen molar-refractivity contribution in [1.29, 1.82) is 10.5 Å². The molecule has 0 atom stereocenters. The lowest BCUT2D eigenvalue weighted by Gasteiger charge is -2.23. The molecule has 138 valence electrons. The van der Waals surface area contributed by atoms with Crippen molar-refractivity contribution < 1.29 is 9.47 Å². The summed E-state index contributed by atoms with van der Waals surface area (Å²) in [5, 5.41) is 20.9. The van der Waals surface area contributed by atoms with Crippen LogP contribution in [0, 0.1) is 22.7 Å². The van der Waals surface area contributed by atoms with Crippen molar-refractivity contribution in [3.05, 3.63) is 30.1 Å². The molecule has 3 N–H and O–H groups in total. The maximum atomic E-state index is 8.85. The Labute approximate surface area is 157 Å². The predicted octanol–water partition coefficient (Wildman–Crippen LogP) is 2.03. The summed E-state index contributed by atoms with van der Waals surface area (Å²) in [5.74, 6) is 2.46. The van der Waals surface area contributed by atoms with Gasteiger partial charge in [0.15, 0.2) is 23.1 Å². The first-order valence-corrected chi connectivity index (χ1v) is 8.44. The second-order valence-electron chi connectivity index (χ2n) is 5.80. The zero-order valence-corrected chi connectivity index (χ0v) is 14.7. The van der Waals surface area contributed by atoms with E-state index in [9.17, 15) is 0 Å². The lowest BCUT2D eigenvalue weighted by atomic mass is 10.2. The molecule has 9 heteroatoms. The van der Waals surface area contributed by atoms with Crippen LogP contribution in [-0.2, 0) is 6.54 Å². The van der Waals surface area contributed by atoms with Gasteiger partial charge in [-0.1, -0.05) is 6.07 Å². The Balaban J connectivity index is 1.73. The normalized spacial score (nSPS) is 11.5. The minimum absolute atomic E-state index is 0.232. The van der Waals surface area contributed by atoms with E-state index < -0.39 is 0 Å². The Morgan fingerprint density at radius 2 is 1.85 bits per heavy atom. The van der Waals surface area contributed by atoms with Crippen LogP contribution in [0.4, 0.5) is 17.3 Å². The van der Waals surface area contributed by atoms with Gasteiger partial charge in [-0.3, -0.25) is 0 Å². The first kappa shape index (κ1) is 18.1. The summed E-state index contributed by atoms with van der Waals surface area (Å²) in [7, 11) is 0. The molecule has 0 radical (unpaired) electrons. The van der Waals surface area contributed by atoms with Crippen molar-refractivity contribution in [3.8, 4) is 23.6 Å². The third-order valence-corrected chi connectivity index (χ3v) is 4.05. The van der Waals surface area contributed by atoms with Crippen molar-refractivity contribution in [2.45, 2.75) is 19.4 Å². The van der Waals surface area contributed by atoms with Crippen molar-refractivity contribution in [2.24, 2.45) is 0 Å². The van der Waals surface area contributed by atoms with Crippen molar-refractivity contribution in [2.75, 3.05) is 35.8 Å². The Hall–Kier alpha value is -3.72. The van der Waals surface area contributed by atoms with E-state index in [2.05, 4.69) is 27.4 Å². The molecule has 0 unspecified atom stereocenters. The smallest absolute Gasteiger partial charge is 0.231 e. The molecule has 9 nitrogen and oxygen atoms in total. The van der Waals surface area contributed by atoms with Gasteiger partial charge in [0, 0.05) is 19.6 Å². The number of benzene rings is 1. The molecule has 2 heterocycles. The highest BCUT2D eigenvalue weighted by atomic mass is 16.7. The van der Waals surface area contributed by atoms with Gasteiger partial charge in [0.25, 0.3) is 0 Å². The average molecular weight is 365 g/mol. The molecule has 0 fully saturated rings. The van der Waals surface area contributed by atoms with Gasteiger partial charge in [-0.2, -0.15) is 10.5 Å². The van der Waals surface area contributed by atoms with E-state index in [1.807, 2.05) is 23.1 Å². The van der Waals surface area contributed by atoms with Gasteiger partial charge in [0.1, 0.15) is 12.0 Å². The van der Waals surface area contributed by atoms with Crippen LogP contribution in [0.15, 0.2) is 24.5 Å². The number of ether oxygens (including phenoxy) is 2. The summed E-state index contributed by atoms with van der Waals surface area (Å²) in [6.07, 6.45) is 2.04.